The van der Waals surface area contributed by atoms with Gasteiger partial charge in [-0.25, -0.2) is 12.7 Å². The molecule has 1 aliphatic heterocycles. The van der Waals surface area contributed by atoms with Crippen molar-refractivity contribution in [2.45, 2.75) is 70.3 Å². The molecule has 0 aromatic carbocycles. The Bertz CT molecular complexity index is 568. The molecule has 136 valence electrons. The molecule has 0 aromatic rings. The molecule has 7 heteroatoms. The van der Waals surface area contributed by atoms with E-state index < -0.39 is 15.6 Å². The lowest BCUT2D eigenvalue weighted by Gasteiger charge is -2.35. The van der Waals surface area contributed by atoms with Crippen LogP contribution in [0.4, 0.5) is 0 Å². The summed E-state index contributed by atoms with van der Waals surface area (Å²) in [5.41, 5.74) is -0.709. The number of carbonyl (C=O) groups excluding carboxylic acids is 1. The Morgan fingerprint density at radius 3 is 2.42 bits per heavy atom. The number of hydrogen-bond acceptors (Lipinski definition) is 4. The molecule has 2 aliphatic rings. The van der Waals surface area contributed by atoms with Gasteiger partial charge in [-0.2, -0.15) is 5.26 Å². The van der Waals surface area contributed by atoms with Gasteiger partial charge in [0.15, 0.2) is 0 Å². The summed E-state index contributed by atoms with van der Waals surface area (Å²) in [7, 11) is -3.19. The van der Waals surface area contributed by atoms with E-state index in [1.807, 2.05) is 6.92 Å². The second-order valence-corrected chi connectivity index (χ2v) is 9.18. The van der Waals surface area contributed by atoms with Crippen LogP contribution in [0.1, 0.15) is 64.7 Å². The van der Waals surface area contributed by atoms with Crippen molar-refractivity contribution in [2.24, 2.45) is 5.92 Å². The first-order chi connectivity index (χ1) is 11.4. The van der Waals surface area contributed by atoms with Gasteiger partial charge in [0.2, 0.25) is 15.9 Å². The molecule has 24 heavy (non-hydrogen) atoms. The van der Waals surface area contributed by atoms with E-state index in [0.717, 1.165) is 38.5 Å². The monoisotopic (exact) mass is 355 g/mol. The van der Waals surface area contributed by atoms with E-state index in [-0.39, 0.29) is 17.6 Å². The maximum Gasteiger partial charge on any atom is 0.224 e. The van der Waals surface area contributed by atoms with Gasteiger partial charge in [0.25, 0.3) is 0 Å². The van der Waals surface area contributed by atoms with Crippen LogP contribution in [0, 0.1) is 17.2 Å². The zero-order valence-electron chi connectivity index (χ0n) is 14.6. The lowest BCUT2D eigenvalue weighted by Crippen LogP contribution is -2.52. The van der Waals surface area contributed by atoms with Gasteiger partial charge in [-0.05, 0) is 32.1 Å². The fourth-order valence-corrected chi connectivity index (χ4v) is 5.29. The summed E-state index contributed by atoms with van der Waals surface area (Å²) in [6.07, 6.45) is 7.12. The van der Waals surface area contributed by atoms with Crippen LogP contribution in [-0.2, 0) is 14.8 Å². The predicted octanol–water partition coefficient (Wildman–Crippen LogP) is 2.17. The molecule has 1 amide bonds. The second-order valence-electron chi connectivity index (χ2n) is 7.09. The smallest absolute Gasteiger partial charge is 0.224 e. The second kappa shape index (κ2) is 8.30. The number of nitrogens with zero attached hydrogens (tertiary/aromatic N) is 2. The number of piperidine rings is 1. The van der Waals surface area contributed by atoms with Gasteiger partial charge in [-0.1, -0.05) is 32.6 Å². The zero-order chi connectivity index (χ0) is 17.6. The minimum atomic E-state index is -3.19. The van der Waals surface area contributed by atoms with E-state index in [1.165, 1.54) is 4.31 Å². The van der Waals surface area contributed by atoms with Gasteiger partial charge in [-0.3, -0.25) is 4.79 Å². The summed E-state index contributed by atoms with van der Waals surface area (Å²) in [6, 6.07) is 2.31. The normalized spacial score (nSPS) is 22.7. The van der Waals surface area contributed by atoms with Crippen molar-refractivity contribution in [1.82, 2.24) is 9.62 Å². The Hall–Kier alpha value is -1.13. The standard InChI is InChI=1S/C17H29N3O3S/c1-2-3-13-24(22,23)20-11-7-15(8-12-20)16(21)19-17(14-18)9-5-4-6-10-17/h15H,2-13H2,1H3,(H,19,21). The number of amides is 1. The van der Waals surface area contributed by atoms with Crippen molar-refractivity contribution in [2.75, 3.05) is 18.8 Å². The molecule has 6 nitrogen and oxygen atoms in total. The molecule has 1 aliphatic carbocycles. The molecular formula is C17H29N3O3S. The molecule has 1 saturated heterocycles. The number of unbranched alkanes of at least 4 members (excludes halogenated alkanes) is 1. The number of nitriles is 1. The Kier molecular flexibility index (Phi) is 6.64. The summed E-state index contributed by atoms with van der Waals surface area (Å²) in [5.74, 6) is -0.0726. The van der Waals surface area contributed by atoms with Crippen molar-refractivity contribution >= 4 is 15.9 Å². The number of sulfonamides is 1. The SMILES string of the molecule is CCCCS(=O)(=O)N1CCC(C(=O)NC2(C#N)CCCCC2)CC1. The minimum Gasteiger partial charge on any atom is -0.338 e. The summed E-state index contributed by atoms with van der Waals surface area (Å²) >= 11 is 0. The van der Waals surface area contributed by atoms with Crippen molar-refractivity contribution in [3.63, 3.8) is 0 Å². The van der Waals surface area contributed by atoms with Crippen LogP contribution in [0.25, 0.3) is 0 Å². The Labute approximate surface area is 145 Å². The lowest BCUT2D eigenvalue weighted by molar-refractivity contribution is -0.127. The molecule has 1 N–H and O–H groups in total. The van der Waals surface area contributed by atoms with Crippen LogP contribution in [0.5, 0.6) is 0 Å². The number of hydrogen-bond donors (Lipinski definition) is 1. The third-order valence-corrected chi connectivity index (χ3v) is 7.21. The first-order valence-corrected chi connectivity index (χ1v) is 10.7. The van der Waals surface area contributed by atoms with E-state index in [4.69, 9.17) is 0 Å². The Morgan fingerprint density at radius 2 is 1.88 bits per heavy atom. The molecule has 2 fully saturated rings. The summed E-state index contributed by atoms with van der Waals surface area (Å²) in [6.45, 7) is 2.79. The first-order valence-electron chi connectivity index (χ1n) is 9.13. The Morgan fingerprint density at radius 1 is 1.25 bits per heavy atom. The largest absolute Gasteiger partial charge is 0.338 e. The van der Waals surface area contributed by atoms with Crippen molar-refractivity contribution in [1.29, 1.82) is 5.26 Å². The van der Waals surface area contributed by atoms with Crippen molar-refractivity contribution in [3.05, 3.63) is 0 Å². The maximum absolute atomic E-state index is 12.5. The number of rotatable bonds is 6. The van der Waals surface area contributed by atoms with Gasteiger partial charge in [0.05, 0.1) is 11.8 Å². The highest BCUT2D eigenvalue weighted by molar-refractivity contribution is 7.89. The molecular weight excluding hydrogens is 326 g/mol. The highest BCUT2D eigenvalue weighted by Crippen LogP contribution is 2.29. The van der Waals surface area contributed by atoms with Gasteiger partial charge in [0.1, 0.15) is 5.54 Å². The fourth-order valence-electron chi connectivity index (χ4n) is 3.61. The van der Waals surface area contributed by atoms with Gasteiger partial charge < -0.3 is 5.32 Å². The third-order valence-electron chi connectivity index (χ3n) is 5.26. The van der Waals surface area contributed by atoms with E-state index in [9.17, 15) is 18.5 Å². The van der Waals surface area contributed by atoms with Crippen LogP contribution >= 0.6 is 0 Å². The van der Waals surface area contributed by atoms with Crippen LogP contribution in [0.2, 0.25) is 0 Å². The number of carbonyl (C=O) groups is 1. The van der Waals surface area contributed by atoms with E-state index in [1.54, 1.807) is 0 Å². The molecule has 0 bridgehead atoms. The lowest BCUT2D eigenvalue weighted by atomic mass is 9.82. The quantitative estimate of drug-likeness (QED) is 0.790. The predicted molar refractivity (Wildman–Crippen MR) is 92.6 cm³/mol. The van der Waals surface area contributed by atoms with Crippen LogP contribution < -0.4 is 5.32 Å². The number of nitrogens with one attached hydrogen (secondary N) is 1. The highest BCUT2D eigenvalue weighted by Gasteiger charge is 2.37. The minimum absolute atomic E-state index is 0.0796. The van der Waals surface area contributed by atoms with Gasteiger partial charge in [-0.15, -0.1) is 0 Å². The maximum atomic E-state index is 12.5. The first kappa shape index (κ1) is 19.2. The molecule has 0 radical (unpaired) electrons. The third kappa shape index (κ3) is 4.70. The molecule has 2 rings (SSSR count). The van der Waals surface area contributed by atoms with E-state index in [0.29, 0.717) is 32.4 Å². The van der Waals surface area contributed by atoms with Crippen LogP contribution in [0.3, 0.4) is 0 Å². The fraction of sp³-hybridized carbons (Fsp3) is 0.882. The topological polar surface area (TPSA) is 90.3 Å². The zero-order valence-corrected chi connectivity index (χ0v) is 15.4. The average molecular weight is 356 g/mol. The summed E-state index contributed by atoms with van der Waals surface area (Å²) < 4.78 is 26.0. The Balaban J connectivity index is 1.87. The van der Waals surface area contributed by atoms with Gasteiger partial charge in [0, 0.05) is 19.0 Å². The molecule has 0 spiro atoms. The van der Waals surface area contributed by atoms with Gasteiger partial charge >= 0.3 is 0 Å². The molecule has 0 aromatic heterocycles. The van der Waals surface area contributed by atoms with Crippen LogP contribution in [0.15, 0.2) is 0 Å². The highest BCUT2D eigenvalue weighted by atomic mass is 32.2. The molecule has 1 saturated carbocycles. The van der Waals surface area contributed by atoms with E-state index in [2.05, 4.69) is 11.4 Å². The summed E-state index contributed by atoms with van der Waals surface area (Å²) in [4.78, 5) is 12.5. The van der Waals surface area contributed by atoms with Crippen LogP contribution in [-0.4, -0.2) is 43.0 Å². The molecule has 0 unspecified atom stereocenters. The van der Waals surface area contributed by atoms with Crippen molar-refractivity contribution < 1.29 is 13.2 Å². The van der Waals surface area contributed by atoms with Crippen molar-refractivity contribution in [3.8, 4) is 6.07 Å². The summed E-state index contributed by atoms with van der Waals surface area (Å²) in [5, 5.41) is 12.4. The molecule has 0 atom stereocenters. The average Bonchev–Trinajstić information content (AvgIpc) is 2.61. The van der Waals surface area contributed by atoms with E-state index >= 15 is 0 Å². The molecule has 1 heterocycles.